The fourth-order valence-corrected chi connectivity index (χ4v) is 2.26. The summed E-state index contributed by atoms with van der Waals surface area (Å²) in [7, 11) is 1.56. The van der Waals surface area contributed by atoms with Gasteiger partial charge in [-0.2, -0.15) is 0 Å². The van der Waals surface area contributed by atoms with Gasteiger partial charge in [-0.1, -0.05) is 6.07 Å². The quantitative estimate of drug-likeness (QED) is 0.467. The van der Waals surface area contributed by atoms with E-state index in [4.69, 9.17) is 10.5 Å². The average Bonchev–Trinajstić information content (AvgIpc) is 2.72. The molecule has 1 amide bonds. The number of carbonyl (C=O) groups excluding carboxylic acids is 1. The van der Waals surface area contributed by atoms with Gasteiger partial charge in [-0.05, 0) is 35.9 Å². The highest BCUT2D eigenvalue weighted by Gasteiger charge is 2.10. The van der Waals surface area contributed by atoms with Gasteiger partial charge in [-0.15, -0.1) is 0 Å². The van der Waals surface area contributed by atoms with Gasteiger partial charge < -0.3 is 15.8 Å². The van der Waals surface area contributed by atoms with Crippen LogP contribution in [0.5, 0.6) is 5.75 Å². The van der Waals surface area contributed by atoms with Crippen LogP contribution >= 0.6 is 0 Å². The number of carbonyl (C=O) groups is 1. The minimum Gasteiger partial charge on any atom is -0.497 e. The summed E-state index contributed by atoms with van der Waals surface area (Å²) < 4.78 is 5.07. The fraction of sp³-hybridized carbons (Fsp3) is 0.111. The molecule has 3 rings (SSSR count). The standard InChI is InChI=1S/C18H19N7O2/c1-27-14-6-4-13(5-7-14)18(26)25-24-17-15(19)16(22-11-23-17)21-10-12-3-2-8-20-9-12/h2-9,11H,10,19H2,1H3,(H,25,26)(H2,21,22,23,24). The van der Waals surface area contributed by atoms with Crippen LogP contribution in [-0.2, 0) is 6.54 Å². The van der Waals surface area contributed by atoms with Crippen LogP contribution < -0.4 is 26.6 Å². The van der Waals surface area contributed by atoms with Crippen molar-refractivity contribution in [2.45, 2.75) is 6.54 Å². The molecule has 0 bridgehead atoms. The molecular weight excluding hydrogens is 346 g/mol. The highest BCUT2D eigenvalue weighted by Crippen LogP contribution is 2.22. The first-order valence-corrected chi connectivity index (χ1v) is 8.11. The van der Waals surface area contributed by atoms with Crippen molar-refractivity contribution in [3.63, 3.8) is 0 Å². The predicted octanol–water partition coefficient (Wildman–Crippen LogP) is 1.83. The number of methoxy groups -OCH3 is 1. The molecule has 0 spiro atoms. The van der Waals surface area contributed by atoms with Gasteiger partial charge in [0.1, 0.15) is 17.8 Å². The second-order valence-electron chi connectivity index (χ2n) is 5.51. The molecule has 2 aromatic heterocycles. The monoisotopic (exact) mass is 365 g/mol. The molecule has 9 nitrogen and oxygen atoms in total. The van der Waals surface area contributed by atoms with Crippen LogP contribution in [0.15, 0.2) is 55.1 Å². The van der Waals surface area contributed by atoms with Crippen molar-refractivity contribution in [1.82, 2.24) is 20.4 Å². The Balaban J connectivity index is 1.62. The Morgan fingerprint density at radius 1 is 1.15 bits per heavy atom. The molecule has 138 valence electrons. The van der Waals surface area contributed by atoms with Gasteiger partial charge in [-0.3, -0.25) is 20.6 Å². The maximum atomic E-state index is 12.2. The maximum absolute atomic E-state index is 12.2. The van der Waals surface area contributed by atoms with E-state index in [9.17, 15) is 4.79 Å². The van der Waals surface area contributed by atoms with Gasteiger partial charge in [0.2, 0.25) is 0 Å². The molecule has 9 heteroatoms. The zero-order valence-electron chi connectivity index (χ0n) is 14.6. The normalized spacial score (nSPS) is 10.1. The number of hydrogen-bond acceptors (Lipinski definition) is 8. The topological polar surface area (TPSA) is 127 Å². The lowest BCUT2D eigenvalue weighted by atomic mass is 10.2. The number of ether oxygens (including phenoxy) is 1. The molecule has 0 saturated carbocycles. The number of nitrogen functional groups attached to an aromatic ring is 1. The summed E-state index contributed by atoms with van der Waals surface area (Å²) in [4.78, 5) is 24.4. The second kappa shape index (κ2) is 8.48. The zero-order chi connectivity index (χ0) is 19.1. The Bertz CT molecular complexity index is 901. The van der Waals surface area contributed by atoms with E-state index in [1.807, 2.05) is 12.1 Å². The Morgan fingerprint density at radius 3 is 2.63 bits per heavy atom. The Kier molecular flexibility index (Phi) is 5.63. The number of hydrogen-bond donors (Lipinski definition) is 4. The van der Waals surface area contributed by atoms with Crippen LogP contribution in [0.2, 0.25) is 0 Å². The van der Waals surface area contributed by atoms with E-state index in [0.717, 1.165) is 5.56 Å². The molecule has 0 radical (unpaired) electrons. The third kappa shape index (κ3) is 4.60. The predicted molar refractivity (Wildman–Crippen MR) is 102 cm³/mol. The highest BCUT2D eigenvalue weighted by atomic mass is 16.5. The van der Waals surface area contributed by atoms with E-state index in [-0.39, 0.29) is 11.6 Å². The molecule has 0 atom stereocenters. The maximum Gasteiger partial charge on any atom is 0.269 e. The van der Waals surface area contributed by atoms with E-state index in [0.29, 0.717) is 29.5 Å². The molecule has 5 N–H and O–H groups in total. The van der Waals surface area contributed by atoms with Crippen LogP contribution in [-0.4, -0.2) is 28.0 Å². The lowest BCUT2D eigenvalue weighted by Crippen LogP contribution is -2.30. The molecule has 3 aromatic rings. The van der Waals surface area contributed by atoms with Gasteiger partial charge >= 0.3 is 0 Å². The highest BCUT2D eigenvalue weighted by molar-refractivity contribution is 5.95. The summed E-state index contributed by atoms with van der Waals surface area (Å²) in [5, 5.41) is 3.12. The molecule has 2 heterocycles. The average molecular weight is 365 g/mol. The third-order valence-electron chi connectivity index (χ3n) is 3.71. The van der Waals surface area contributed by atoms with Gasteiger partial charge in [0.05, 0.1) is 7.11 Å². The number of benzene rings is 1. The number of anilines is 3. The number of pyridine rings is 1. The number of nitrogens with zero attached hydrogens (tertiary/aromatic N) is 3. The van der Waals surface area contributed by atoms with Crippen molar-refractivity contribution in [2.24, 2.45) is 0 Å². The first-order chi connectivity index (χ1) is 13.2. The number of aromatic nitrogens is 3. The number of rotatable bonds is 7. The summed E-state index contributed by atoms with van der Waals surface area (Å²) >= 11 is 0. The largest absolute Gasteiger partial charge is 0.497 e. The van der Waals surface area contributed by atoms with Crippen LogP contribution in [0.25, 0.3) is 0 Å². The van der Waals surface area contributed by atoms with Crippen molar-refractivity contribution in [1.29, 1.82) is 0 Å². The van der Waals surface area contributed by atoms with E-state index >= 15 is 0 Å². The molecule has 0 fully saturated rings. The molecule has 0 aliphatic heterocycles. The van der Waals surface area contributed by atoms with Gasteiger partial charge in [0, 0.05) is 24.5 Å². The van der Waals surface area contributed by atoms with Crippen LogP contribution in [0.1, 0.15) is 15.9 Å². The number of hydrazine groups is 1. The van der Waals surface area contributed by atoms with E-state index < -0.39 is 0 Å². The summed E-state index contributed by atoms with van der Waals surface area (Å²) in [6.07, 6.45) is 4.80. The Morgan fingerprint density at radius 2 is 1.93 bits per heavy atom. The molecule has 0 saturated heterocycles. The van der Waals surface area contributed by atoms with Gasteiger partial charge in [-0.25, -0.2) is 9.97 Å². The first-order valence-electron chi connectivity index (χ1n) is 8.11. The minimum atomic E-state index is -0.333. The second-order valence-corrected chi connectivity index (χ2v) is 5.51. The van der Waals surface area contributed by atoms with Crippen molar-refractivity contribution in [3.05, 3.63) is 66.2 Å². The Hall–Kier alpha value is -3.88. The molecular formula is C18H19N7O2. The summed E-state index contributed by atoms with van der Waals surface area (Å²) in [5.41, 5.74) is 13.1. The molecule has 0 unspecified atom stereocenters. The van der Waals surface area contributed by atoms with Crippen LogP contribution in [0.4, 0.5) is 17.3 Å². The number of amides is 1. The van der Waals surface area contributed by atoms with Crippen molar-refractivity contribution in [3.8, 4) is 5.75 Å². The number of nitrogens with one attached hydrogen (secondary N) is 3. The SMILES string of the molecule is COc1ccc(C(=O)NNc2ncnc(NCc3cccnc3)c2N)cc1. The van der Waals surface area contributed by atoms with E-state index in [1.54, 1.807) is 43.8 Å². The third-order valence-corrected chi connectivity index (χ3v) is 3.71. The summed E-state index contributed by atoms with van der Waals surface area (Å²) in [6.45, 7) is 0.507. The lowest BCUT2D eigenvalue weighted by molar-refractivity contribution is 0.0962. The van der Waals surface area contributed by atoms with Crippen molar-refractivity contribution < 1.29 is 9.53 Å². The fourth-order valence-electron chi connectivity index (χ4n) is 2.26. The van der Waals surface area contributed by atoms with Gasteiger partial charge in [0.25, 0.3) is 5.91 Å². The Labute approximate surface area is 156 Å². The summed E-state index contributed by atoms with van der Waals surface area (Å²) in [6, 6.07) is 10.5. The van der Waals surface area contributed by atoms with E-state index in [2.05, 4.69) is 31.1 Å². The lowest BCUT2D eigenvalue weighted by Gasteiger charge is -2.13. The van der Waals surface area contributed by atoms with Gasteiger partial charge in [0.15, 0.2) is 11.6 Å². The van der Waals surface area contributed by atoms with E-state index in [1.165, 1.54) is 6.33 Å². The molecule has 0 aliphatic carbocycles. The molecule has 27 heavy (non-hydrogen) atoms. The van der Waals surface area contributed by atoms with Crippen LogP contribution in [0.3, 0.4) is 0 Å². The van der Waals surface area contributed by atoms with Crippen molar-refractivity contribution in [2.75, 3.05) is 23.6 Å². The molecule has 0 aliphatic rings. The smallest absolute Gasteiger partial charge is 0.269 e. The summed E-state index contributed by atoms with van der Waals surface area (Å²) in [5.74, 6) is 1.08. The molecule has 1 aromatic carbocycles. The minimum absolute atomic E-state index is 0.288. The first kappa shape index (κ1) is 17.9. The van der Waals surface area contributed by atoms with Crippen LogP contribution in [0, 0.1) is 0 Å². The number of nitrogens with two attached hydrogens (primary N) is 1. The van der Waals surface area contributed by atoms with Crippen molar-refractivity contribution >= 4 is 23.2 Å². The zero-order valence-corrected chi connectivity index (χ0v) is 14.6.